The summed E-state index contributed by atoms with van der Waals surface area (Å²) in [5.74, 6) is 1.41. The molecular weight excluding hydrogens is 513 g/mol. The van der Waals surface area contributed by atoms with E-state index in [0.717, 1.165) is 38.4 Å². The van der Waals surface area contributed by atoms with E-state index in [9.17, 15) is 5.11 Å². The van der Waals surface area contributed by atoms with Gasteiger partial charge in [-0.25, -0.2) is 4.99 Å². The third-order valence-electron chi connectivity index (χ3n) is 6.69. The molecule has 2 heterocycles. The number of nitrogens with zero attached hydrogens (tertiary/aromatic N) is 3. The van der Waals surface area contributed by atoms with Crippen molar-refractivity contribution in [2.45, 2.75) is 65.0 Å². The zero-order valence-electron chi connectivity index (χ0n) is 20.1. The highest BCUT2D eigenvalue weighted by Gasteiger charge is 2.20. The van der Waals surface area contributed by atoms with Gasteiger partial charge in [-0.05, 0) is 69.2 Å². The van der Waals surface area contributed by atoms with Gasteiger partial charge in [0.1, 0.15) is 0 Å². The first-order chi connectivity index (χ1) is 15.2. The molecule has 2 fully saturated rings. The number of aliphatic hydroxyl groups is 1. The number of rotatable bonds is 9. The average Bonchev–Trinajstić information content (AvgIpc) is 2.82. The van der Waals surface area contributed by atoms with Crippen LogP contribution in [0.15, 0.2) is 29.3 Å². The number of hydrogen-bond acceptors (Lipinski definition) is 4. The number of halogens is 1. The van der Waals surface area contributed by atoms with Gasteiger partial charge in [-0.2, -0.15) is 0 Å². The van der Waals surface area contributed by atoms with E-state index in [0.29, 0.717) is 25.1 Å². The molecule has 32 heavy (non-hydrogen) atoms. The van der Waals surface area contributed by atoms with Crippen LogP contribution in [0.3, 0.4) is 0 Å². The third kappa shape index (κ3) is 8.71. The molecule has 0 saturated carbocycles. The van der Waals surface area contributed by atoms with Gasteiger partial charge in [0.05, 0.1) is 6.54 Å². The van der Waals surface area contributed by atoms with Gasteiger partial charge >= 0.3 is 0 Å². The zero-order chi connectivity index (χ0) is 21.9. The number of piperidine rings is 2. The predicted octanol–water partition coefficient (Wildman–Crippen LogP) is 3.83. The summed E-state index contributed by atoms with van der Waals surface area (Å²) in [6.45, 7) is 12.0. The molecule has 0 spiro atoms. The Morgan fingerprint density at radius 3 is 2.31 bits per heavy atom. The molecule has 0 amide bonds. The van der Waals surface area contributed by atoms with Gasteiger partial charge in [0.2, 0.25) is 0 Å². The molecule has 2 saturated heterocycles. The zero-order valence-corrected chi connectivity index (χ0v) is 22.4. The molecule has 0 aliphatic carbocycles. The molecule has 1 aromatic carbocycles. The van der Waals surface area contributed by atoms with Crippen LogP contribution < -0.4 is 15.5 Å². The summed E-state index contributed by atoms with van der Waals surface area (Å²) >= 11 is 0. The molecule has 3 N–H and O–H groups in total. The van der Waals surface area contributed by atoms with E-state index < -0.39 is 0 Å². The van der Waals surface area contributed by atoms with Crippen molar-refractivity contribution in [1.29, 1.82) is 0 Å². The van der Waals surface area contributed by atoms with E-state index in [1.165, 1.54) is 56.6 Å². The minimum atomic E-state index is 0. The smallest absolute Gasteiger partial charge is 0.191 e. The molecule has 2 aliphatic rings. The highest BCUT2D eigenvalue weighted by atomic mass is 127. The number of likely N-dealkylation sites (tertiary alicyclic amines) is 1. The van der Waals surface area contributed by atoms with Crippen molar-refractivity contribution in [3.8, 4) is 0 Å². The van der Waals surface area contributed by atoms with Crippen LogP contribution in [-0.4, -0.2) is 67.9 Å². The van der Waals surface area contributed by atoms with Crippen LogP contribution in [0, 0.1) is 5.92 Å². The molecule has 1 aromatic rings. The first-order valence-electron chi connectivity index (χ1n) is 12.4. The van der Waals surface area contributed by atoms with E-state index in [1.807, 2.05) is 0 Å². The molecule has 0 aromatic heterocycles. The Balaban J connectivity index is 0.00000363. The van der Waals surface area contributed by atoms with Gasteiger partial charge in [-0.3, -0.25) is 0 Å². The SMILES string of the molecule is CCCCN1CCC(NC(=NCc2ccc(N3CCC(CO)CC3)cc2)NCC)CC1.I. The highest BCUT2D eigenvalue weighted by molar-refractivity contribution is 14.0. The Kier molecular flexibility index (Phi) is 12.7. The van der Waals surface area contributed by atoms with Crippen LogP contribution in [0.25, 0.3) is 0 Å². The Hall–Kier alpha value is -1.06. The fourth-order valence-electron chi connectivity index (χ4n) is 4.55. The number of aliphatic hydroxyl groups excluding tert-OH is 1. The Morgan fingerprint density at radius 1 is 1.03 bits per heavy atom. The van der Waals surface area contributed by atoms with Crippen LogP contribution in [0.2, 0.25) is 0 Å². The van der Waals surface area contributed by atoms with E-state index in [4.69, 9.17) is 4.99 Å². The van der Waals surface area contributed by atoms with Crippen molar-refractivity contribution < 1.29 is 5.11 Å². The topological polar surface area (TPSA) is 63.1 Å². The Labute approximate surface area is 212 Å². The van der Waals surface area contributed by atoms with Crippen LogP contribution in [-0.2, 0) is 6.54 Å². The van der Waals surface area contributed by atoms with Gasteiger partial charge in [-0.1, -0.05) is 25.5 Å². The summed E-state index contributed by atoms with van der Waals surface area (Å²) in [5.41, 5.74) is 2.52. The largest absolute Gasteiger partial charge is 0.396 e. The normalized spacial score (nSPS) is 19.0. The maximum absolute atomic E-state index is 9.33. The lowest BCUT2D eigenvalue weighted by Gasteiger charge is -2.33. The molecule has 3 rings (SSSR count). The van der Waals surface area contributed by atoms with Crippen molar-refractivity contribution in [3.63, 3.8) is 0 Å². The van der Waals surface area contributed by atoms with Crippen molar-refractivity contribution >= 4 is 35.6 Å². The average molecular weight is 558 g/mol. The number of guanidine groups is 1. The van der Waals surface area contributed by atoms with E-state index in [-0.39, 0.29) is 24.0 Å². The second kappa shape index (κ2) is 15.0. The summed E-state index contributed by atoms with van der Waals surface area (Å²) in [6, 6.07) is 9.35. The van der Waals surface area contributed by atoms with E-state index in [2.05, 4.69) is 58.5 Å². The minimum Gasteiger partial charge on any atom is -0.396 e. The summed E-state index contributed by atoms with van der Waals surface area (Å²) in [7, 11) is 0. The summed E-state index contributed by atoms with van der Waals surface area (Å²) in [4.78, 5) is 9.87. The molecule has 6 nitrogen and oxygen atoms in total. The summed E-state index contributed by atoms with van der Waals surface area (Å²) in [5, 5.41) is 16.4. The lowest BCUT2D eigenvalue weighted by molar-refractivity contribution is 0.203. The summed E-state index contributed by atoms with van der Waals surface area (Å²) < 4.78 is 0. The van der Waals surface area contributed by atoms with Gasteiger partial charge in [-0.15, -0.1) is 24.0 Å². The number of hydrogen-bond donors (Lipinski definition) is 3. The number of aliphatic imine (C=N–C) groups is 1. The molecule has 0 atom stereocenters. The second-order valence-corrected chi connectivity index (χ2v) is 9.09. The predicted molar refractivity (Wildman–Crippen MR) is 146 cm³/mol. The monoisotopic (exact) mass is 557 g/mol. The lowest BCUT2D eigenvalue weighted by atomic mass is 9.97. The Bertz CT molecular complexity index is 653. The van der Waals surface area contributed by atoms with Gasteiger partial charge < -0.3 is 25.5 Å². The first-order valence-corrected chi connectivity index (χ1v) is 12.4. The molecule has 7 heteroatoms. The van der Waals surface area contributed by atoms with Crippen LogP contribution in [0.5, 0.6) is 0 Å². The standard InChI is InChI=1S/C25H43N5O.HI/c1-3-5-14-29-15-12-23(13-16-29)28-25(26-4-2)27-19-21-6-8-24(9-7-21)30-17-10-22(20-31)11-18-30;/h6-9,22-23,31H,3-5,10-20H2,1-2H3,(H2,26,27,28);1H. The maximum Gasteiger partial charge on any atom is 0.191 e. The van der Waals surface area contributed by atoms with Crippen LogP contribution >= 0.6 is 24.0 Å². The van der Waals surface area contributed by atoms with Crippen molar-refractivity contribution in [2.24, 2.45) is 10.9 Å². The molecule has 182 valence electrons. The van der Waals surface area contributed by atoms with Crippen molar-refractivity contribution in [1.82, 2.24) is 15.5 Å². The van der Waals surface area contributed by atoms with E-state index in [1.54, 1.807) is 0 Å². The number of anilines is 1. The molecule has 0 radical (unpaired) electrons. The highest BCUT2D eigenvalue weighted by Crippen LogP contribution is 2.23. The quantitative estimate of drug-likeness (QED) is 0.245. The van der Waals surface area contributed by atoms with Gasteiger partial charge in [0, 0.05) is 51.1 Å². The number of nitrogens with one attached hydrogen (secondary N) is 2. The number of unbranched alkanes of at least 4 members (excludes halogenated alkanes) is 1. The summed E-state index contributed by atoms with van der Waals surface area (Å²) in [6.07, 6.45) is 7.13. The molecule has 0 bridgehead atoms. The fourth-order valence-corrected chi connectivity index (χ4v) is 4.55. The maximum atomic E-state index is 9.33. The second-order valence-electron chi connectivity index (χ2n) is 9.09. The Morgan fingerprint density at radius 2 is 1.72 bits per heavy atom. The number of benzene rings is 1. The lowest BCUT2D eigenvalue weighted by Crippen LogP contribution is -2.48. The van der Waals surface area contributed by atoms with Crippen LogP contribution in [0.4, 0.5) is 5.69 Å². The molecule has 2 aliphatic heterocycles. The van der Waals surface area contributed by atoms with Gasteiger partial charge in [0.25, 0.3) is 0 Å². The third-order valence-corrected chi connectivity index (χ3v) is 6.69. The van der Waals surface area contributed by atoms with Gasteiger partial charge in [0.15, 0.2) is 5.96 Å². The van der Waals surface area contributed by atoms with Crippen molar-refractivity contribution in [3.05, 3.63) is 29.8 Å². The van der Waals surface area contributed by atoms with Crippen molar-refractivity contribution in [2.75, 3.05) is 50.8 Å². The van der Waals surface area contributed by atoms with E-state index >= 15 is 0 Å². The first kappa shape index (κ1) is 27.2. The van der Waals surface area contributed by atoms with Crippen LogP contribution in [0.1, 0.15) is 57.9 Å². The minimum absolute atomic E-state index is 0. The fraction of sp³-hybridized carbons (Fsp3) is 0.720. The molecule has 0 unspecified atom stereocenters. The molecular formula is C25H44IN5O.